The zero-order valence-electron chi connectivity index (χ0n) is 10.6. The van der Waals surface area contributed by atoms with Gasteiger partial charge in [0.15, 0.2) is 0 Å². The normalized spacial score (nSPS) is 10.4. The number of nitrogens with one attached hydrogen (secondary N) is 1. The van der Waals surface area contributed by atoms with Crippen molar-refractivity contribution in [2.45, 2.75) is 19.8 Å². The van der Waals surface area contributed by atoms with Crippen LogP contribution >= 0.6 is 0 Å². The number of aryl methyl sites for hydroxylation is 2. The Bertz CT molecular complexity index is 376. The van der Waals surface area contributed by atoms with E-state index in [0.29, 0.717) is 12.4 Å². The maximum Gasteiger partial charge on any atom is 0.322 e. The number of carbonyl (C=O) groups is 1. The fraction of sp³-hybridized carbons (Fsp3) is 0.636. The number of aliphatic hydroxyl groups excluding tert-OH is 1. The maximum absolute atomic E-state index is 11.7. The minimum atomic E-state index is -0.245. The van der Waals surface area contributed by atoms with Gasteiger partial charge in [0.1, 0.15) is 5.82 Å². The fourth-order valence-corrected chi connectivity index (χ4v) is 1.48. The van der Waals surface area contributed by atoms with Crippen molar-refractivity contribution in [2.75, 3.05) is 25.5 Å². The third-order valence-corrected chi connectivity index (χ3v) is 2.45. The largest absolute Gasteiger partial charge is 0.395 e. The van der Waals surface area contributed by atoms with Gasteiger partial charge < -0.3 is 10.0 Å². The molecule has 2 amide bonds. The average Bonchev–Trinajstić information content (AvgIpc) is 2.60. The van der Waals surface area contributed by atoms with Crippen molar-refractivity contribution in [1.82, 2.24) is 14.7 Å². The zero-order chi connectivity index (χ0) is 12.8. The molecule has 0 bridgehead atoms. The van der Waals surface area contributed by atoms with Crippen LogP contribution in [0.2, 0.25) is 0 Å². The number of hydrogen-bond donors (Lipinski definition) is 2. The molecule has 1 aromatic heterocycles. The lowest BCUT2D eigenvalue weighted by molar-refractivity contribution is 0.202. The highest BCUT2D eigenvalue weighted by atomic mass is 16.3. The lowest BCUT2D eigenvalue weighted by Gasteiger charge is -2.16. The first-order valence-corrected chi connectivity index (χ1v) is 5.74. The second-order valence-corrected chi connectivity index (χ2v) is 3.97. The Hall–Kier alpha value is -1.56. The quantitative estimate of drug-likeness (QED) is 0.800. The number of urea groups is 1. The summed E-state index contributed by atoms with van der Waals surface area (Å²) < 4.78 is 1.65. The van der Waals surface area contributed by atoms with Crippen molar-refractivity contribution in [2.24, 2.45) is 7.05 Å². The van der Waals surface area contributed by atoms with Crippen molar-refractivity contribution < 1.29 is 9.90 Å². The molecular formula is C11H20N4O2. The molecule has 0 saturated heterocycles. The molecule has 0 spiro atoms. The van der Waals surface area contributed by atoms with Gasteiger partial charge in [-0.2, -0.15) is 5.10 Å². The second-order valence-electron chi connectivity index (χ2n) is 3.97. The number of amides is 2. The predicted molar refractivity (Wildman–Crippen MR) is 65.9 cm³/mol. The molecule has 1 heterocycles. The first-order chi connectivity index (χ1) is 8.08. The van der Waals surface area contributed by atoms with Crippen LogP contribution in [0, 0.1) is 0 Å². The third-order valence-electron chi connectivity index (χ3n) is 2.45. The van der Waals surface area contributed by atoms with Gasteiger partial charge >= 0.3 is 6.03 Å². The minimum absolute atomic E-state index is 0.0452. The van der Waals surface area contributed by atoms with Crippen LogP contribution in [0.15, 0.2) is 6.07 Å². The monoisotopic (exact) mass is 240 g/mol. The zero-order valence-corrected chi connectivity index (χ0v) is 10.6. The molecule has 0 aliphatic rings. The molecule has 6 heteroatoms. The lowest BCUT2D eigenvalue weighted by Crippen LogP contribution is -2.34. The summed E-state index contributed by atoms with van der Waals surface area (Å²) in [6.07, 6.45) is 1.92. The molecular weight excluding hydrogens is 220 g/mol. The van der Waals surface area contributed by atoms with Crippen molar-refractivity contribution >= 4 is 11.8 Å². The van der Waals surface area contributed by atoms with Crippen LogP contribution in [0.5, 0.6) is 0 Å². The van der Waals surface area contributed by atoms with E-state index >= 15 is 0 Å². The number of carbonyl (C=O) groups excluding carboxylic acids is 1. The number of anilines is 1. The summed E-state index contributed by atoms with van der Waals surface area (Å²) in [4.78, 5) is 13.1. The molecule has 1 aromatic rings. The Balaban J connectivity index is 2.64. The van der Waals surface area contributed by atoms with E-state index in [1.165, 1.54) is 4.90 Å². The van der Waals surface area contributed by atoms with E-state index in [1.54, 1.807) is 18.8 Å². The van der Waals surface area contributed by atoms with Crippen LogP contribution in [0.25, 0.3) is 0 Å². The fourth-order valence-electron chi connectivity index (χ4n) is 1.48. The van der Waals surface area contributed by atoms with Gasteiger partial charge in [-0.15, -0.1) is 0 Å². The molecule has 0 saturated carbocycles. The molecule has 0 atom stereocenters. The van der Waals surface area contributed by atoms with Gasteiger partial charge in [0.25, 0.3) is 0 Å². The van der Waals surface area contributed by atoms with Crippen LogP contribution in [0.1, 0.15) is 19.0 Å². The molecule has 0 unspecified atom stereocenters. The van der Waals surface area contributed by atoms with Gasteiger partial charge in [0.2, 0.25) is 0 Å². The highest BCUT2D eigenvalue weighted by Crippen LogP contribution is 2.11. The van der Waals surface area contributed by atoms with Gasteiger partial charge in [-0.05, 0) is 6.42 Å². The summed E-state index contributed by atoms with van der Waals surface area (Å²) in [6.45, 7) is 2.35. The van der Waals surface area contributed by atoms with Crippen LogP contribution < -0.4 is 5.32 Å². The molecule has 0 aliphatic heterocycles. The summed E-state index contributed by atoms with van der Waals surface area (Å²) >= 11 is 0. The van der Waals surface area contributed by atoms with Gasteiger partial charge in [0.05, 0.1) is 12.3 Å². The number of rotatable bonds is 5. The van der Waals surface area contributed by atoms with Crippen molar-refractivity contribution in [3.05, 3.63) is 11.8 Å². The Morgan fingerprint density at radius 3 is 2.94 bits per heavy atom. The summed E-state index contributed by atoms with van der Waals surface area (Å²) in [5.74, 6) is 0.670. The topological polar surface area (TPSA) is 70.4 Å². The molecule has 96 valence electrons. The number of nitrogens with zero attached hydrogens (tertiary/aromatic N) is 3. The Morgan fingerprint density at radius 2 is 2.35 bits per heavy atom. The Morgan fingerprint density at radius 1 is 1.65 bits per heavy atom. The SMILES string of the molecule is CCCc1cc(NC(=O)N(C)CCO)n(C)n1. The first-order valence-electron chi connectivity index (χ1n) is 5.74. The predicted octanol–water partition coefficient (Wildman–Crippen LogP) is 0.829. The standard InChI is InChI=1S/C11H20N4O2/c1-4-5-9-8-10(15(3)13-9)12-11(17)14(2)6-7-16/h8,16H,4-7H2,1-3H3,(H,12,17). The molecule has 0 fully saturated rings. The maximum atomic E-state index is 11.7. The van der Waals surface area contributed by atoms with Crippen LogP contribution in [0.4, 0.5) is 10.6 Å². The van der Waals surface area contributed by atoms with E-state index in [2.05, 4.69) is 17.3 Å². The average molecular weight is 240 g/mol. The van der Waals surface area contributed by atoms with Crippen LogP contribution in [-0.2, 0) is 13.5 Å². The van der Waals surface area contributed by atoms with E-state index in [-0.39, 0.29) is 12.6 Å². The summed E-state index contributed by atoms with van der Waals surface area (Å²) in [7, 11) is 3.43. The van der Waals surface area contributed by atoms with Crippen molar-refractivity contribution in [1.29, 1.82) is 0 Å². The molecule has 0 aliphatic carbocycles. The van der Waals surface area contributed by atoms with Crippen molar-refractivity contribution in [3.63, 3.8) is 0 Å². The van der Waals surface area contributed by atoms with Crippen LogP contribution in [0.3, 0.4) is 0 Å². The third kappa shape index (κ3) is 3.74. The van der Waals surface area contributed by atoms with Gasteiger partial charge in [-0.1, -0.05) is 13.3 Å². The van der Waals surface area contributed by atoms with Gasteiger partial charge in [0, 0.05) is 26.7 Å². The number of aromatic nitrogens is 2. The highest BCUT2D eigenvalue weighted by Gasteiger charge is 2.11. The summed E-state index contributed by atoms with van der Waals surface area (Å²) in [6, 6.07) is 1.62. The highest BCUT2D eigenvalue weighted by molar-refractivity contribution is 5.88. The first kappa shape index (κ1) is 13.5. The van der Waals surface area contributed by atoms with E-state index in [4.69, 9.17) is 5.11 Å². The second kappa shape index (κ2) is 6.24. The Kier molecular flexibility index (Phi) is 4.96. The molecule has 17 heavy (non-hydrogen) atoms. The minimum Gasteiger partial charge on any atom is -0.395 e. The Labute approximate surface area is 101 Å². The van der Waals surface area contributed by atoms with Gasteiger partial charge in [-0.25, -0.2) is 4.79 Å². The number of hydrogen-bond acceptors (Lipinski definition) is 3. The van der Waals surface area contributed by atoms with E-state index in [9.17, 15) is 4.79 Å². The molecule has 0 radical (unpaired) electrons. The van der Waals surface area contributed by atoms with Crippen LogP contribution in [-0.4, -0.2) is 46.0 Å². The molecule has 1 rings (SSSR count). The molecule has 6 nitrogen and oxygen atoms in total. The van der Waals surface area contributed by atoms with E-state index < -0.39 is 0 Å². The summed E-state index contributed by atoms with van der Waals surface area (Å²) in [5, 5.41) is 15.8. The molecule has 0 aromatic carbocycles. The molecule has 2 N–H and O–H groups in total. The number of likely N-dealkylation sites (N-methyl/N-ethyl adjacent to an activating group) is 1. The summed E-state index contributed by atoms with van der Waals surface area (Å²) in [5.41, 5.74) is 0.968. The van der Waals surface area contributed by atoms with Gasteiger partial charge in [-0.3, -0.25) is 10.00 Å². The van der Waals surface area contributed by atoms with Crippen molar-refractivity contribution in [3.8, 4) is 0 Å². The lowest BCUT2D eigenvalue weighted by atomic mass is 10.2. The number of aliphatic hydroxyl groups is 1. The smallest absolute Gasteiger partial charge is 0.322 e. The van der Waals surface area contributed by atoms with E-state index in [0.717, 1.165) is 18.5 Å². The van der Waals surface area contributed by atoms with E-state index in [1.807, 2.05) is 6.07 Å².